The standard InChI is InChI=1S/C12H17NO3S/c1-9(10-5-4-8-17-10)13-11(14)6-2-3-7-12(15)16/h4-5,8-9H,2-3,6-7H2,1H3,(H,13,14)(H,15,16). The van der Waals surface area contributed by atoms with Gasteiger partial charge in [0.05, 0.1) is 6.04 Å². The van der Waals surface area contributed by atoms with Crippen molar-refractivity contribution in [2.45, 2.75) is 38.6 Å². The molecule has 0 spiro atoms. The number of thiophene rings is 1. The van der Waals surface area contributed by atoms with Gasteiger partial charge in [-0.25, -0.2) is 0 Å². The second-order valence-electron chi connectivity index (χ2n) is 3.91. The molecule has 1 rings (SSSR count). The van der Waals surface area contributed by atoms with Crippen LogP contribution in [0.4, 0.5) is 0 Å². The molecule has 0 aliphatic heterocycles. The first-order chi connectivity index (χ1) is 8.09. The van der Waals surface area contributed by atoms with Crippen molar-refractivity contribution < 1.29 is 14.7 Å². The van der Waals surface area contributed by atoms with Gasteiger partial charge in [0.15, 0.2) is 0 Å². The van der Waals surface area contributed by atoms with Gasteiger partial charge in [0.1, 0.15) is 0 Å². The van der Waals surface area contributed by atoms with Crippen LogP contribution in [0.2, 0.25) is 0 Å². The first kappa shape index (κ1) is 13.7. The fourth-order valence-corrected chi connectivity index (χ4v) is 2.22. The number of rotatable bonds is 7. The molecule has 4 nitrogen and oxygen atoms in total. The Hall–Kier alpha value is -1.36. The zero-order chi connectivity index (χ0) is 12.7. The van der Waals surface area contributed by atoms with E-state index in [1.165, 1.54) is 0 Å². The highest BCUT2D eigenvalue weighted by Gasteiger charge is 2.09. The molecule has 0 saturated heterocycles. The first-order valence-corrected chi connectivity index (χ1v) is 6.52. The molecule has 1 aromatic heterocycles. The Morgan fingerprint density at radius 1 is 1.41 bits per heavy atom. The molecule has 0 fully saturated rings. The Balaban J connectivity index is 2.19. The van der Waals surface area contributed by atoms with E-state index in [-0.39, 0.29) is 18.4 Å². The van der Waals surface area contributed by atoms with E-state index >= 15 is 0 Å². The molecule has 0 radical (unpaired) electrons. The van der Waals surface area contributed by atoms with Crippen LogP contribution in [0.25, 0.3) is 0 Å². The molecule has 2 N–H and O–H groups in total. The summed E-state index contributed by atoms with van der Waals surface area (Å²) in [6.07, 6.45) is 1.70. The van der Waals surface area contributed by atoms with E-state index in [0.29, 0.717) is 19.3 Å². The van der Waals surface area contributed by atoms with Crippen molar-refractivity contribution in [3.63, 3.8) is 0 Å². The quantitative estimate of drug-likeness (QED) is 0.736. The van der Waals surface area contributed by atoms with Crippen molar-refractivity contribution in [3.05, 3.63) is 22.4 Å². The highest BCUT2D eigenvalue weighted by atomic mass is 32.1. The first-order valence-electron chi connectivity index (χ1n) is 5.64. The predicted molar refractivity (Wildman–Crippen MR) is 67.0 cm³/mol. The van der Waals surface area contributed by atoms with Crippen LogP contribution < -0.4 is 5.32 Å². The van der Waals surface area contributed by atoms with Gasteiger partial charge >= 0.3 is 5.97 Å². The number of unbranched alkanes of at least 4 members (excludes halogenated alkanes) is 1. The topological polar surface area (TPSA) is 66.4 Å². The van der Waals surface area contributed by atoms with Crippen molar-refractivity contribution in [1.29, 1.82) is 0 Å². The lowest BCUT2D eigenvalue weighted by Crippen LogP contribution is -2.25. The third-order valence-corrected chi connectivity index (χ3v) is 3.45. The van der Waals surface area contributed by atoms with Gasteiger partial charge < -0.3 is 10.4 Å². The van der Waals surface area contributed by atoms with E-state index in [0.717, 1.165) is 4.88 Å². The molecule has 5 heteroatoms. The summed E-state index contributed by atoms with van der Waals surface area (Å²) in [5.41, 5.74) is 0. The number of carboxylic acid groups (broad SMARTS) is 1. The van der Waals surface area contributed by atoms with Gasteiger partial charge in [-0.2, -0.15) is 0 Å². The van der Waals surface area contributed by atoms with Gasteiger partial charge in [0.25, 0.3) is 0 Å². The van der Waals surface area contributed by atoms with Gasteiger partial charge in [-0.1, -0.05) is 6.07 Å². The second-order valence-corrected chi connectivity index (χ2v) is 4.88. The third kappa shape index (κ3) is 5.49. The monoisotopic (exact) mass is 255 g/mol. The summed E-state index contributed by atoms with van der Waals surface area (Å²) in [5, 5.41) is 13.3. The summed E-state index contributed by atoms with van der Waals surface area (Å²) in [5.74, 6) is -0.825. The third-order valence-electron chi connectivity index (χ3n) is 2.39. The van der Waals surface area contributed by atoms with Crippen LogP contribution in [0.15, 0.2) is 17.5 Å². The molecule has 0 aliphatic rings. The van der Waals surface area contributed by atoms with Crippen LogP contribution in [0.3, 0.4) is 0 Å². The van der Waals surface area contributed by atoms with Crippen LogP contribution in [-0.2, 0) is 9.59 Å². The molecule has 94 valence electrons. The molecule has 0 bridgehead atoms. The maximum Gasteiger partial charge on any atom is 0.303 e. The summed E-state index contributed by atoms with van der Waals surface area (Å²) >= 11 is 1.61. The van der Waals surface area contributed by atoms with E-state index in [2.05, 4.69) is 5.32 Å². The van der Waals surface area contributed by atoms with Crippen LogP contribution in [-0.4, -0.2) is 17.0 Å². The van der Waals surface area contributed by atoms with Crippen LogP contribution >= 0.6 is 11.3 Å². The lowest BCUT2D eigenvalue weighted by molar-refractivity contribution is -0.137. The maximum atomic E-state index is 11.5. The van der Waals surface area contributed by atoms with Crippen molar-refractivity contribution in [2.75, 3.05) is 0 Å². The number of nitrogens with one attached hydrogen (secondary N) is 1. The largest absolute Gasteiger partial charge is 0.481 e. The molecule has 17 heavy (non-hydrogen) atoms. The van der Waals surface area contributed by atoms with Crippen molar-refractivity contribution in [1.82, 2.24) is 5.32 Å². The molecule has 1 amide bonds. The summed E-state index contributed by atoms with van der Waals surface area (Å²) < 4.78 is 0. The van der Waals surface area contributed by atoms with Gasteiger partial charge in [0, 0.05) is 17.7 Å². The minimum atomic E-state index is -0.808. The van der Waals surface area contributed by atoms with Gasteiger partial charge in [-0.3, -0.25) is 9.59 Å². The normalized spacial score (nSPS) is 12.1. The predicted octanol–water partition coefficient (Wildman–Crippen LogP) is 2.57. The van der Waals surface area contributed by atoms with E-state index < -0.39 is 5.97 Å². The number of amides is 1. The Morgan fingerprint density at radius 2 is 2.12 bits per heavy atom. The van der Waals surface area contributed by atoms with Crippen LogP contribution in [0.5, 0.6) is 0 Å². The summed E-state index contributed by atoms with van der Waals surface area (Å²) in [6, 6.07) is 3.97. The number of aliphatic carboxylic acids is 1. The van der Waals surface area contributed by atoms with E-state index in [1.54, 1.807) is 11.3 Å². The van der Waals surface area contributed by atoms with Crippen molar-refractivity contribution in [3.8, 4) is 0 Å². The molecular formula is C12H17NO3S. The van der Waals surface area contributed by atoms with Crippen LogP contribution in [0, 0.1) is 0 Å². The Morgan fingerprint density at radius 3 is 2.71 bits per heavy atom. The Kier molecular flexibility index (Phi) is 5.69. The SMILES string of the molecule is CC(NC(=O)CCCCC(=O)O)c1cccs1. The maximum absolute atomic E-state index is 11.5. The molecule has 1 atom stereocenters. The summed E-state index contributed by atoms with van der Waals surface area (Å²) in [7, 11) is 0. The molecule has 1 unspecified atom stereocenters. The van der Waals surface area contributed by atoms with E-state index in [4.69, 9.17) is 5.11 Å². The molecular weight excluding hydrogens is 238 g/mol. The lowest BCUT2D eigenvalue weighted by atomic mass is 10.2. The smallest absolute Gasteiger partial charge is 0.303 e. The number of hydrogen-bond acceptors (Lipinski definition) is 3. The zero-order valence-electron chi connectivity index (χ0n) is 9.81. The minimum absolute atomic E-state index is 0.0173. The Bertz CT molecular complexity index is 362. The highest BCUT2D eigenvalue weighted by Crippen LogP contribution is 2.18. The van der Waals surface area contributed by atoms with Gasteiger partial charge in [-0.15, -0.1) is 11.3 Å². The molecule has 0 saturated carbocycles. The fraction of sp³-hybridized carbons (Fsp3) is 0.500. The molecule has 1 aromatic rings. The van der Waals surface area contributed by atoms with E-state index in [1.807, 2.05) is 24.4 Å². The zero-order valence-corrected chi connectivity index (χ0v) is 10.6. The Labute approximate surface area is 105 Å². The number of hydrogen-bond donors (Lipinski definition) is 2. The average molecular weight is 255 g/mol. The summed E-state index contributed by atoms with van der Waals surface area (Å²) in [6.45, 7) is 1.95. The molecule has 1 heterocycles. The van der Waals surface area contributed by atoms with Gasteiger partial charge in [0.2, 0.25) is 5.91 Å². The number of carbonyl (C=O) groups excluding carboxylic acids is 1. The van der Waals surface area contributed by atoms with Crippen molar-refractivity contribution >= 4 is 23.2 Å². The second kappa shape index (κ2) is 7.06. The van der Waals surface area contributed by atoms with Gasteiger partial charge in [-0.05, 0) is 31.2 Å². The van der Waals surface area contributed by atoms with Crippen molar-refractivity contribution in [2.24, 2.45) is 0 Å². The van der Waals surface area contributed by atoms with Crippen LogP contribution in [0.1, 0.15) is 43.5 Å². The van der Waals surface area contributed by atoms with E-state index in [9.17, 15) is 9.59 Å². The minimum Gasteiger partial charge on any atom is -0.481 e. The molecule has 0 aromatic carbocycles. The highest BCUT2D eigenvalue weighted by molar-refractivity contribution is 7.10. The number of carbonyl (C=O) groups is 2. The summed E-state index contributed by atoms with van der Waals surface area (Å²) in [4.78, 5) is 22.9. The average Bonchev–Trinajstić information content (AvgIpc) is 2.77. The molecule has 0 aliphatic carbocycles. The lowest BCUT2D eigenvalue weighted by Gasteiger charge is -2.11. The fourth-order valence-electron chi connectivity index (χ4n) is 1.48. The number of carboxylic acids is 1.